The lowest BCUT2D eigenvalue weighted by Crippen LogP contribution is -2.27. The molecule has 0 spiro atoms. The van der Waals surface area contributed by atoms with Crippen LogP contribution in [0.25, 0.3) is 0 Å². The zero-order valence-electron chi connectivity index (χ0n) is 13.4. The minimum atomic E-state index is -0.0298. The van der Waals surface area contributed by atoms with Crippen molar-refractivity contribution in [2.75, 3.05) is 5.73 Å². The number of aryl methyl sites for hydroxylation is 1. The van der Waals surface area contributed by atoms with Crippen LogP contribution in [0.5, 0.6) is 0 Å². The number of rotatable bonds is 5. The molecule has 0 saturated carbocycles. The van der Waals surface area contributed by atoms with Gasteiger partial charge >= 0.3 is 0 Å². The van der Waals surface area contributed by atoms with E-state index < -0.39 is 0 Å². The van der Waals surface area contributed by atoms with Gasteiger partial charge in [-0.1, -0.05) is 12.1 Å². The van der Waals surface area contributed by atoms with Gasteiger partial charge in [-0.05, 0) is 23.8 Å². The summed E-state index contributed by atoms with van der Waals surface area (Å²) in [5, 5.41) is 21.7. The number of benzene rings is 1. The smallest absolute Gasteiger partial charge is 0.173 e. The van der Waals surface area contributed by atoms with E-state index in [0.29, 0.717) is 23.7 Å². The Morgan fingerprint density at radius 3 is 2.83 bits per heavy atom. The first-order valence-corrected chi connectivity index (χ1v) is 7.52. The van der Waals surface area contributed by atoms with Gasteiger partial charge in [0.15, 0.2) is 12.4 Å². The van der Waals surface area contributed by atoms with Gasteiger partial charge in [-0.2, -0.15) is 10.2 Å². The van der Waals surface area contributed by atoms with Crippen LogP contribution in [0.1, 0.15) is 11.1 Å². The summed E-state index contributed by atoms with van der Waals surface area (Å²) >= 11 is 0. The molecule has 0 fully saturated rings. The summed E-state index contributed by atoms with van der Waals surface area (Å²) in [6.45, 7) is 0.536. The number of nitrogens with two attached hydrogens (primary N) is 1. The van der Waals surface area contributed by atoms with E-state index in [0.717, 1.165) is 11.1 Å². The zero-order valence-corrected chi connectivity index (χ0v) is 13.4. The predicted molar refractivity (Wildman–Crippen MR) is 89.9 cm³/mol. The average molecular weight is 323 g/mol. The molecule has 7 heteroatoms. The molecule has 0 aliphatic rings. The first kappa shape index (κ1) is 15.8. The van der Waals surface area contributed by atoms with Gasteiger partial charge in [-0.15, -0.1) is 5.11 Å². The van der Waals surface area contributed by atoms with Crippen molar-refractivity contribution in [3.8, 4) is 0 Å². The number of nitrogens with zero attached hydrogens (tertiary/aromatic N) is 5. The van der Waals surface area contributed by atoms with Crippen LogP contribution in [-0.4, -0.2) is 14.9 Å². The van der Waals surface area contributed by atoms with Crippen molar-refractivity contribution in [2.24, 2.45) is 17.3 Å². The largest absolute Gasteiger partial charge is 0.392 e. The molecule has 0 aliphatic carbocycles. The second-order valence-corrected chi connectivity index (χ2v) is 5.48. The molecule has 3 N–H and O–H groups in total. The van der Waals surface area contributed by atoms with Gasteiger partial charge in [-0.25, -0.2) is 9.25 Å². The van der Waals surface area contributed by atoms with Crippen molar-refractivity contribution in [3.63, 3.8) is 0 Å². The van der Waals surface area contributed by atoms with E-state index in [1.165, 1.54) is 0 Å². The van der Waals surface area contributed by atoms with Crippen molar-refractivity contribution < 1.29 is 9.67 Å². The molecule has 0 bridgehead atoms. The fraction of sp³-hybridized carbons (Fsp3) is 0.176. The summed E-state index contributed by atoms with van der Waals surface area (Å²) in [5.41, 5.74) is 9.16. The fourth-order valence-electron chi connectivity index (χ4n) is 2.33. The van der Waals surface area contributed by atoms with Crippen molar-refractivity contribution in [3.05, 3.63) is 66.1 Å². The zero-order chi connectivity index (χ0) is 16.9. The van der Waals surface area contributed by atoms with Crippen LogP contribution < -0.4 is 10.3 Å². The third-order valence-corrected chi connectivity index (χ3v) is 3.56. The quantitative estimate of drug-likeness (QED) is 0.557. The van der Waals surface area contributed by atoms with E-state index in [9.17, 15) is 0 Å². The Bertz CT molecular complexity index is 871. The first-order chi connectivity index (χ1) is 11.7. The maximum absolute atomic E-state index is 9.15. The summed E-state index contributed by atoms with van der Waals surface area (Å²) in [6.07, 6.45) is 5.58. The summed E-state index contributed by atoms with van der Waals surface area (Å²) < 4.78 is 3.66. The van der Waals surface area contributed by atoms with Gasteiger partial charge in [-0.3, -0.25) is 0 Å². The Morgan fingerprint density at radius 2 is 2.04 bits per heavy atom. The molecular formula is C17H19N6O+. The van der Waals surface area contributed by atoms with E-state index >= 15 is 0 Å². The number of hydrogen-bond donors (Lipinski definition) is 2. The maximum Gasteiger partial charge on any atom is 0.173 e. The van der Waals surface area contributed by atoms with Crippen LogP contribution in [0.15, 0.2) is 65.2 Å². The van der Waals surface area contributed by atoms with Crippen LogP contribution >= 0.6 is 0 Å². The average Bonchev–Trinajstić information content (AvgIpc) is 2.93. The molecule has 0 atom stereocenters. The molecule has 0 saturated heterocycles. The second kappa shape index (κ2) is 7.01. The van der Waals surface area contributed by atoms with Gasteiger partial charge in [0, 0.05) is 11.6 Å². The molecule has 0 unspecified atom stereocenters. The predicted octanol–water partition coefficient (Wildman–Crippen LogP) is 2.25. The molecule has 24 heavy (non-hydrogen) atoms. The summed E-state index contributed by atoms with van der Waals surface area (Å²) in [6, 6.07) is 11.2. The molecule has 2 aromatic heterocycles. The molecule has 0 amide bonds. The van der Waals surface area contributed by atoms with Crippen molar-refractivity contribution in [1.82, 2.24) is 9.78 Å². The Balaban J connectivity index is 1.78. The van der Waals surface area contributed by atoms with Gasteiger partial charge < -0.3 is 10.8 Å². The number of aliphatic hydroxyl groups excluding tert-OH is 1. The Hall–Kier alpha value is -3.06. The number of hydrogen-bond acceptors (Lipinski definition) is 5. The third kappa shape index (κ3) is 3.64. The normalized spacial score (nSPS) is 11.2. The number of azo groups is 1. The summed E-state index contributed by atoms with van der Waals surface area (Å²) in [7, 11) is 1.97. The molecule has 0 aliphatic heterocycles. The molecule has 2 heterocycles. The van der Waals surface area contributed by atoms with E-state index in [4.69, 9.17) is 10.8 Å². The monoisotopic (exact) mass is 323 g/mol. The number of aliphatic hydroxyl groups is 1. The van der Waals surface area contributed by atoms with Gasteiger partial charge in [0.25, 0.3) is 0 Å². The van der Waals surface area contributed by atoms with Gasteiger partial charge in [0.2, 0.25) is 0 Å². The maximum atomic E-state index is 9.15. The number of nitrogen functional groups attached to an aromatic ring is 1. The molecule has 1 aromatic carbocycles. The summed E-state index contributed by atoms with van der Waals surface area (Å²) in [4.78, 5) is 0. The highest BCUT2D eigenvalue weighted by molar-refractivity contribution is 5.56. The van der Waals surface area contributed by atoms with E-state index in [-0.39, 0.29) is 6.61 Å². The first-order valence-electron chi connectivity index (χ1n) is 7.52. The van der Waals surface area contributed by atoms with Crippen LogP contribution in [0.2, 0.25) is 0 Å². The number of anilines is 1. The highest BCUT2D eigenvalue weighted by Gasteiger charge is 2.09. The SMILES string of the molecule is C[n+]1cccc(Cn2ncc(N=Nc3cccc(CO)c3)c2N)c1. The minimum absolute atomic E-state index is 0.0298. The molecule has 3 aromatic rings. The second-order valence-electron chi connectivity index (χ2n) is 5.48. The minimum Gasteiger partial charge on any atom is -0.392 e. The number of pyridine rings is 1. The van der Waals surface area contributed by atoms with E-state index in [1.54, 1.807) is 16.9 Å². The highest BCUT2D eigenvalue weighted by atomic mass is 16.3. The van der Waals surface area contributed by atoms with Crippen LogP contribution in [-0.2, 0) is 20.2 Å². The van der Waals surface area contributed by atoms with Crippen LogP contribution in [0, 0.1) is 0 Å². The fourth-order valence-corrected chi connectivity index (χ4v) is 2.33. The Kier molecular flexibility index (Phi) is 4.62. The van der Waals surface area contributed by atoms with Crippen molar-refractivity contribution >= 4 is 17.2 Å². The van der Waals surface area contributed by atoms with Crippen LogP contribution in [0.4, 0.5) is 17.2 Å². The van der Waals surface area contributed by atoms with E-state index in [2.05, 4.69) is 15.3 Å². The molecular weight excluding hydrogens is 304 g/mol. The highest BCUT2D eigenvalue weighted by Crippen LogP contribution is 2.25. The van der Waals surface area contributed by atoms with E-state index in [1.807, 2.05) is 54.3 Å². The lowest BCUT2D eigenvalue weighted by molar-refractivity contribution is -0.671. The van der Waals surface area contributed by atoms with Gasteiger partial charge in [0.05, 0.1) is 25.0 Å². The Labute approximate surface area is 139 Å². The molecule has 3 rings (SSSR count). The summed E-state index contributed by atoms with van der Waals surface area (Å²) in [5.74, 6) is 0.462. The third-order valence-electron chi connectivity index (χ3n) is 3.56. The lowest BCUT2D eigenvalue weighted by Gasteiger charge is -2.03. The molecule has 0 radical (unpaired) electrons. The van der Waals surface area contributed by atoms with Crippen molar-refractivity contribution in [1.29, 1.82) is 0 Å². The topological polar surface area (TPSA) is 92.7 Å². The van der Waals surface area contributed by atoms with Gasteiger partial charge in [0.1, 0.15) is 18.6 Å². The molecule has 7 nitrogen and oxygen atoms in total. The standard InChI is InChI=1S/C17H19N6O/c1-22-7-3-5-14(10-22)11-23-17(18)16(9-19-23)21-20-15-6-2-4-13(8-15)12-24/h2-10,24H,11-12,18H2,1H3/q+1. The lowest BCUT2D eigenvalue weighted by atomic mass is 10.2. The Morgan fingerprint density at radius 1 is 1.21 bits per heavy atom. The van der Waals surface area contributed by atoms with Crippen LogP contribution in [0.3, 0.4) is 0 Å². The number of aromatic nitrogens is 3. The molecule has 122 valence electrons. The van der Waals surface area contributed by atoms with Crippen molar-refractivity contribution in [2.45, 2.75) is 13.2 Å².